The van der Waals surface area contributed by atoms with Crippen LogP contribution in [0.2, 0.25) is 0 Å². The van der Waals surface area contributed by atoms with Crippen molar-refractivity contribution in [1.82, 2.24) is 20.3 Å². The molecule has 4 heterocycles. The van der Waals surface area contributed by atoms with E-state index < -0.39 is 12.5 Å². The Morgan fingerprint density at radius 1 is 1.29 bits per heavy atom. The maximum atomic E-state index is 14.9. The fraction of sp³-hybridized carbons (Fsp3) is 0.478. The van der Waals surface area contributed by atoms with E-state index in [0.29, 0.717) is 59.0 Å². The number of nitrogens with zero attached hydrogens (tertiary/aromatic N) is 4. The number of rotatable bonds is 4. The molecule has 0 spiro atoms. The molecule has 180 valence electrons. The quantitative estimate of drug-likeness (QED) is 0.517. The van der Waals surface area contributed by atoms with Crippen LogP contribution in [0.5, 0.6) is 0 Å². The van der Waals surface area contributed by atoms with Gasteiger partial charge in [-0.05, 0) is 44.7 Å². The second-order valence-corrected chi connectivity index (χ2v) is 10.2. The third-order valence-electron chi connectivity index (χ3n) is 6.73. The number of carbonyl (C=O) groups is 1. The summed E-state index contributed by atoms with van der Waals surface area (Å²) in [6.45, 7) is 3.87. The summed E-state index contributed by atoms with van der Waals surface area (Å²) in [7, 11) is 0. The second kappa shape index (κ2) is 8.70. The Balaban J connectivity index is 1.32. The number of alkyl halides is 1. The van der Waals surface area contributed by atoms with Crippen LogP contribution in [-0.4, -0.2) is 52.7 Å². The minimum absolute atomic E-state index is 0.165. The van der Waals surface area contributed by atoms with Crippen LogP contribution in [0.3, 0.4) is 0 Å². The molecule has 1 aliphatic heterocycles. The zero-order valence-corrected chi connectivity index (χ0v) is 19.9. The number of thiophene rings is 1. The number of fused-ring (bicyclic) bond motifs is 2. The van der Waals surface area contributed by atoms with Crippen LogP contribution in [0, 0.1) is 25.6 Å². The average Bonchev–Trinajstić information content (AvgIpc) is 3.32. The molecule has 0 aromatic carbocycles. The molecule has 3 unspecified atom stereocenters. The summed E-state index contributed by atoms with van der Waals surface area (Å²) in [5.74, 6) is -0.156. The standard InChI is InChI=1S/C23H27F2N7OS/c1-10-18-19(27)20(34-23(18)29-11(2)28-10)22(33)30-14-3-4-17-12(5-14)6-15(25)21(31-17)32-8-13(7-24)16(26)9-32/h6,13-14,16H,3-5,7-9,26-27H2,1-2H3,(H,30,33). The number of amides is 1. The Morgan fingerprint density at radius 3 is 2.82 bits per heavy atom. The zero-order chi connectivity index (χ0) is 24.1. The van der Waals surface area contributed by atoms with Crippen molar-refractivity contribution in [2.24, 2.45) is 11.7 Å². The van der Waals surface area contributed by atoms with E-state index in [1.165, 1.54) is 17.4 Å². The fourth-order valence-electron chi connectivity index (χ4n) is 4.95. The van der Waals surface area contributed by atoms with Crippen LogP contribution in [-0.2, 0) is 12.8 Å². The molecule has 11 heteroatoms. The molecule has 1 amide bonds. The van der Waals surface area contributed by atoms with Crippen molar-refractivity contribution in [1.29, 1.82) is 0 Å². The van der Waals surface area contributed by atoms with Crippen molar-refractivity contribution in [3.63, 3.8) is 0 Å². The number of nitrogens with two attached hydrogens (primary N) is 2. The first-order chi connectivity index (χ1) is 16.2. The Bertz CT molecular complexity index is 1280. The molecule has 5 N–H and O–H groups in total. The fourth-order valence-corrected chi connectivity index (χ4v) is 6.05. The summed E-state index contributed by atoms with van der Waals surface area (Å²) in [5, 5.41) is 3.76. The van der Waals surface area contributed by atoms with E-state index in [-0.39, 0.29) is 29.7 Å². The monoisotopic (exact) mass is 487 g/mol. The highest BCUT2D eigenvalue weighted by atomic mass is 32.1. The highest BCUT2D eigenvalue weighted by Gasteiger charge is 2.33. The lowest BCUT2D eigenvalue weighted by atomic mass is 9.91. The smallest absolute Gasteiger partial charge is 0.263 e. The van der Waals surface area contributed by atoms with Crippen LogP contribution < -0.4 is 21.7 Å². The minimum Gasteiger partial charge on any atom is -0.397 e. The third-order valence-corrected chi connectivity index (χ3v) is 7.83. The molecule has 2 aliphatic rings. The van der Waals surface area contributed by atoms with E-state index in [9.17, 15) is 13.6 Å². The highest BCUT2D eigenvalue weighted by Crippen LogP contribution is 2.34. The van der Waals surface area contributed by atoms with Gasteiger partial charge >= 0.3 is 0 Å². The van der Waals surface area contributed by atoms with Crippen LogP contribution >= 0.6 is 11.3 Å². The molecule has 3 aromatic heterocycles. The first kappa shape index (κ1) is 22.9. The Labute approximate surface area is 199 Å². The average molecular weight is 488 g/mol. The molecule has 3 aromatic rings. The summed E-state index contributed by atoms with van der Waals surface area (Å²) in [5.41, 5.74) is 15.0. The molecule has 0 bridgehead atoms. The maximum Gasteiger partial charge on any atom is 0.263 e. The van der Waals surface area contributed by atoms with E-state index in [0.717, 1.165) is 17.0 Å². The Morgan fingerprint density at radius 2 is 2.09 bits per heavy atom. The molecular formula is C23H27F2N7OS. The lowest BCUT2D eigenvalue weighted by Crippen LogP contribution is -2.39. The predicted octanol–water partition coefficient (Wildman–Crippen LogP) is 2.44. The van der Waals surface area contributed by atoms with Crippen molar-refractivity contribution in [2.45, 2.75) is 45.2 Å². The van der Waals surface area contributed by atoms with Gasteiger partial charge in [-0.25, -0.2) is 19.3 Å². The number of aryl methyl sites for hydroxylation is 3. The number of hydrogen-bond donors (Lipinski definition) is 3. The van der Waals surface area contributed by atoms with Gasteiger partial charge in [0, 0.05) is 36.8 Å². The molecule has 1 saturated heterocycles. The van der Waals surface area contributed by atoms with Crippen LogP contribution in [0.15, 0.2) is 6.07 Å². The Kier molecular flexibility index (Phi) is 5.85. The third kappa shape index (κ3) is 3.96. The van der Waals surface area contributed by atoms with Crippen molar-refractivity contribution in [3.05, 3.63) is 39.5 Å². The number of anilines is 2. The van der Waals surface area contributed by atoms with Gasteiger partial charge in [-0.15, -0.1) is 11.3 Å². The van der Waals surface area contributed by atoms with E-state index in [2.05, 4.69) is 20.3 Å². The highest BCUT2D eigenvalue weighted by molar-refractivity contribution is 7.21. The number of nitrogens with one attached hydrogen (secondary N) is 1. The molecule has 0 saturated carbocycles. The molecule has 1 fully saturated rings. The van der Waals surface area contributed by atoms with Gasteiger partial charge in [0.25, 0.3) is 5.91 Å². The molecule has 3 atom stereocenters. The summed E-state index contributed by atoms with van der Waals surface area (Å²) in [4.78, 5) is 29.2. The van der Waals surface area contributed by atoms with Crippen LogP contribution in [0.4, 0.5) is 20.3 Å². The number of nitrogen functional groups attached to an aromatic ring is 1. The van der Waals surface area contributed by atoms with Gasteiger partial charge in [0.05, 0.1) is 23.4 Å². The van der Waals surface area contributed by atoms with E-state index in [1.807, 2.05) is 6.92 Å². The molecule has 5 rings (SSSR count). The van der Waals surface area contributed by atoms with Gasteiger partial charge in [-0.2, -0.15) is 0 Å². The minimum atomic E-state index is -0.526. The Hall–Kier alpha value is -2.92. The number of carbonyl (C=O) groups excluding carboxylic acids is 1. The van der Waals surface area contributed by atoms with Gasteiger partial charge in [0.15, 0.2) is 11.6 Å². The van der Waals surface area contributed by atoms with Crippen LogP contribution in [0.1, 0.15) is 38.9 Å². The number of aromatic nitrogens is 3. The van der Waals surface area contributed by atoms with Gasteiger partial charge in [0.1, 0.15) is 15.5 Å². The number of hydrogen-bond acceptors (Lipinski definition) is 8. The van der Waals surface area contributed by atoms with E-state index in [1.54, 1.807) is 11.8 Å². The summed E-state index contributed by atoms with van der Waals surface area (Å²) < 4.78 is 28.1. The normalized spacial score (nSPS) is 22.3. The molecule has 1 aliphatic carbocycles. The van der Waals surface area contributed by atoms with Crippen molar-refractivity contribution >= 4 is 39.0 Å². The summed E-state index contributed by atoms with van der Waals surface area (Å²) in [6.07, 6.45) is 1.75. The van der Waals surface area contributed by atoms with Gasteiger partial charge < -0.3 is 21.7 Å². The van der Waals surface area contributed by atoms with E-state index in [4.69, 9.17) is 11.5 Å². The van der Waals surface area contributed by atoms with Crippen molar-refractivity contribution in [3.8, 4) is 0 Å². The van der Waals surface area contributed by atoms with E-state index >= 15 is 0 Å². The van der Waals surface area contributed by atoms with Gasteiger partial charge in [0.2, 0.25) is 0 Å². The van der Waals surface area contributed by atoms with Gasteiger partial charge in [-0.1, -0.05) is 0 Å². The summed E-state index contributed by atoms with van der Waals surface area (Å²) in [6, 6.07) is 0.989. The second-order valence-electron chi connectivity index (χ2n) is 9.18. The number of halogens is 2. The van der Waals surface area contributed by atoms with Gasteiger partial charge in [-0.3, -0.25) is 9.18 Å². The lowest BCUT2D eigenvalue weighted by Gasteiger charge is -2.27. The predicted molar refractivity (Wildman–Crippen MR) is 128 cm³/mol. The van der Waals surface area contributed by atoms with Crippen molar-refractivity contribution in [2.75, 3.05) is 30.4 Å². The molecule has 0 radical (unpaired) electrons. The molecule has 34 heavy (non-hydrogen) atoms. The molecular weight excluding hydrogens is 460 g/mol. The largest absolute Gasteiger partial charge is 0.397 e. The van der Waals surface area contributed by atoms with Crippen LogP contribution in [0.25, 0.3) is 10.2 Å². The SMILES string of the molecule is Cc1nc(C)c2c(N)c(C(=O)NC3CCc4nc(N5CC(N)C(CF)C5)c(F)cc4C3)sc2n1. The zero-order valence-electron chi connectivity index (χ0n) is 19.1. The van der Waals surface area contributed by atoms with Crippen molar-refractivity contribution < 1.29 is 13.6 Å². The first-order valence-electron chi connectivity index (χ1n) is 11.3. The first-order valence-corrected chi connectivity index (χ1v) is 12.2. The topological polar surface area (TPSA) is 123 Å². The maximum absolute atomic E-state index is 14.9. The molecule has 8 nitrogen and oxygen atoms in total. The summed E-state index contributed by atoms with van der Waals surface area (Å²) >= 11 is 1.25. The lowest BCUT2D eigenvalue weighted by molar-refractivity contribution is 0.0938. The number of pyridine rings is 1.